The number of amides is 2. The van der Waals surface area contributed by atoms with E-state index in [9.17, 15) is 14.9 Å². The van der Waals surface area contributed by atoms with Crippen LogP contribution >= 0.6 is 0 Å². The van der Waals surface area contributed by atoms with Gasteiger partial charge in [-0.2, -0.15) is 5.26 Å². The second-order valence-corrected chi connectivity index (χ2v) is 6.69. The fourth-order valence-electron chi connectivity index (χ4n) is 3.37. The van der Waals surface area contributed by atoms with Crippen LogP contribution in [0.2, 0.25) is 0 Å². The lowest BCUT2D eigenvalue weighted by Crippen LogP contribution is -2.50. The van der Waals surface area contributed by atoms with Gasteiger partial charge in [0.25, 0.3) is 0 Å². The van der Waals surface area contributed by atoms with Crippen LogP contribution in [0.15, 0.2) is 24.4 Å². The SMILES string of the molecule is CC(=O)N1CCN(C(=O)CCNc2c(C#N)cnc3c(C)cccc23)CC1. The van der Waals surface area contributed by atoms with Gasteiger partial charge in [0.15, 0.2) is 0 Å². The Morgan fingerprint density at radius 2 is 1.93 bits per heavy atom. The molecule has 27 heavy (non-hydrogen) atoms. The van der Waals surface area contributed by atoms with Crippen molar-refractivity contribution in [1.29, 1.82) is 5.26 Å². The van der Waals surface area contributed by atoms with Crippen LogP contribution in [0.5, 0.6) is 0 Å². The van der Waals surface area contributed by atoms with E-state index in [2.05, 4.69) is 16.4 Å². The lowest BCUT2D eigenvalue weighted by atomic mass is 10.1. The van der Waals surface area contributed by atoms with Crippen molar-refractivity contribution in [2.75, 3.05) is 38.0 Å². The summed E-state index contributed by atoms with van der Waals surface area (Å²) in [4.78, 5) is 31.7. The molecule has 1 fully saturated rings. The molecule has 1 aromatic carbocycles. The molecular weight excluding hydrogens is 342 g/mol. The van der Waals surface area contributed by atoms with Gasteiger partial charge in [-0.1, -0.05) is 18.2 Å². The maximum atomic E-state index is 12.4. The number of piperazine rings is 1. The average Bonchev–Trinajstić information content (AvgIpc) is 2.68. The van der Waals surface area contributed by atoms with E-state index in [1.165, 1.54) is 0 Å². The Bertz CT molecular complexity index is 910. The Kier molecular flexibility index (Phi) is 5.55. The van der Waals surface area contributed by atoms with Crippen LogP contribution in [0, 0.1) is 18.3 Å². The summed E-state index contributed by atoms with van der Waals surface area (Å²) in [7, 11) is 0. The summed E-state index contributed by atoms with van der Waals surface area (Å²) in [5, 5.41) is 13.5. The highest BCUT2D eigenvalue weighted by molar-refractivity contribution is 5.95. The van der Waals surface area contributed by atoms with E-state index in [0.717, 1.165) is 22.2 Å². The van der Waals surface area contributed by atoms with Crippen molar-refractivity contribution in [2.45, 2.75) is 20.3 Å². The molecule has 1 aromatic heterocycles. The highest BCUT2D eigenvalue weighted by Crippen LogP contribution is 2.27. The molecule has 0 atom stereocenters. The maximum Gasteiger partial charge on any atom is 0.224 e. The molecule has 0 aliphatic carbocycles. The van der Waals surface area contributed by atoms with Crippen molar-refractivity contribution in [3.8, 4) is 6.07 Å². The molecule has 7 nitrogen and oxygen atoms in total. The lowest BCUT2D eigenvalue weighted by Gasteiger charge is -2.34. The lowest BCUT2D eigenvalue weighted by molar-refractivity contribution is -0.138. The maximum absolute atomic E-state index is 12.4. The molecule has 0 unspecified atom stereocenters. The number of anilines is 1. The van der Waals surface area contributed by atoms with Crippen molar-refractivity contribution < 1.29 is 9.59 Å². The van der Waals surface area contributed by atoms with E-state index < -0.39 is 0 Å². The first-order valence-corrected chi connectivity index (χ1v) is 9.07. The Morgan fingerprint density at radius 3 is 2.59 bits per heavy atom. The third-order valence-electron chi connectivity index (χ3n) is 4.94. The molecule has 140 valence electrons. The van der Waals surface area contributed by atoms with Crippen molar-refractivity contribution in [2.24, 2.45) is 0 Å². The van der Waals surface area contributed by atoms with Gasteiger partial charge >= 0.3 is 0 Å². The number of nitrogens with zero attached hydrogens (tertiary/aromatic N) is 4. The number of nitrogens with one attached hydrogen (secondary N) is 1. The van der Waals surface area contributed by atoms with Crippen LogP contribution in [0.1, 0.15) is 24.5 Å². The molecule has 1 N–H and O–H groups in total. The molecule has 2 amide bonds. The average molecular weight is 365 g/mol. The van der Waals surface area contributed by atoms with Crippen LogP contribution in [-0.2, 0) is 9.59 Å². The first-order valence-electron chi connectivity index (χ1n) is 9.07. The monoisotopic (exact) mass is 365 g/mol. The number of hydrogen-bond acceptors (Lipinski definition) is 5. The number of aryl methyl sites for hydroxylation is 1. The summed E-state index contributed by atoms with van der Waals surface area (Å²) in [5.74, 6) is 0.103. The van der Waals surface area contributed by atoms with E-state index in [1.807, 2.05) is 25.1 Å². The predicted octanol–water partition coefficient (Wildman–Crippen LogP) is 1.91. The van der Waals surface area contributed by atoms with E-state index >= 15 is 0 Å². The summed E-state index contributed by atoms with van der Waals surface area (Å²) in [6.07, 6.45) is 1.90. The zero-order chi connectivity index (χ0) is 19.4. The van der Waals surface area contributed by atoms with Crippen LogP contribution in [0.25, 0.3) is 10.9 Å². The quantitative estimate of drug-likeness (QED) is 0.894. The molecule has 2 heterocycles. The summed E-state index contributed by atoms with van der Waals surface area (Å²) in [6.45, 7) is 6.28. The third-order valence-corrected chi connectivity index (χ3v) is 4.94. The standard InChI is InChI=1S/C20H23N5O2/c1-14-4-3-5-17-19(14)23-13-16(12-21)20(17)22-7-6-18(27)25-10-8-24(9-11-25)15(2)26/h3-5,13H,6-11H2,1-2H3,(H,22,23). The van der Waals surface area contributed by atoms with Crippen LogP contribution < -0.4 is 5.32 Å². The van der Waals surface area contributed by atoms with E-state index in [0.29, 0.717) is 44.7 Å². The first-order chi connectivity index (χ1) is 13.0. The number of benzene rings is 1. The van der Waals surface area contributed by atoms with Crippen LogP contribution in [0.3, 0.4) is 0 Å². The molecule has 2 aromatic rings. The van der Waals surface area contributed by atoms with Gasteiger partial charge in [0, 0.05) is 57.7 Å². The third kappa shape index (κ3) is 4.00. The molecule has 0 radical (unpaired) electrons. The van der Waals surface area contributed by atoms with Crippen molar-refractivity contribution >= 4 is 28.4 Å². The minimum atomic E-state index is 0.0488. The fourth-order valence-corrected chi connectivity index (χ4v) is 3.37. The Morgan fingerprint density at radius 1 is 1.22 bits per heavy atom. The number of carbonyl (C=O) groups excluding carboxylic acids is 2. The Balaban J connectivity index is 1.64. The molecule has 1 aliphatic rings. The predicted molar refractivity (Wildman–Crippen MR) is 103 cm³/mol. The topological polar surface area (TPSA) is 89.3 Å². The number of para-hydroxylation sites is 1. The zero-order valence-corrected chi connectivity index (χ0v) is 15.7. The van der Waals surface area contributed by atoms with Crippen molar-refractivity contribution in [3.63, 3.8) is 0 Å². The molecule has 0 saturated carbocycles. The highest BCUT2D eigenvalue weighted by atomic mass is 16.2. The van der Waals surface area contributed by atoms with Crippen LogP contribution in [-0.4, -0.2) is 59.3 Å². The summed E-state index contributed by atoms with van der Waals surface area (Å²) >= 11 is 0. The minimum Gasteiger partial charge on any atom is -0.383 e. The Labute approximate surface area is 158 Å². The number of carbonyl (C=O) groups is 2. The first kappa shape index (κ1) is 18.6. The number of fused-ring (bicyclic) bond motifs is 1. The van der Waals surface area contributed by atoms with Gasteiger partial charge in [-0.05, 0) is 12.5 Å². The zero-order valence-electron chi connectivity index (χ0n) is 15.7. The molecular formula is C20H23N5O2. The summed E-state index contributed by atoms with van der Waals surface area (Å²) in [6, 6.07) is 8.02. The molecule has 3 rings (SSSR count). The number of aromatic nitrogens is 1. The Hall–Kier alpha value is -3.14. The number of hydrogen-bond donors (Lipinski definition) is 1. The molecule has 1 saturated heterocycles. The van der Waals surface area contributed by atoms with E-state index in [1.54, 1.807) is 22.9 Å². The molecule has 0 spiro atoms. The van der Waals surface area contributed by atoms with Gasteiger partial charge in [-0.15, -0.1) is 0 Å². The van der Waals surface area contributed by atoms with Gasteiger partial charge in [-0.25, -0.2) is 0 Å². The van der Waals surface area contributed by atoms with Gasteiger partial charge in [0.05, 0.1) is 16.8 Å². The molecule has 1 aliphatic heterocycles. The van der Waals surface area contributed by atoms with Gasteiger partial charge in [-0.3, -0.25) is 14.6 Å². The minimum absolute atomic E-state index is 0.0488. The van der Waals surface area contributed by atoms with E-state index in [4.69, 9.17) is 0 Å². The highest BCUT2D eigenvalue weighted by Gasteiger charge is 2.22. The van der Waals surface area contributed by atoms with Gasteiger partial charge < -0.3 is 15.1 Å². The molecule has 0 bridgehead atoms. The smallest absolute Gasteiger partial charge is 0.224 e. The van der Waals surface area contributed by atoms with Crippen molar-refractivity contribution in [3.05, 3.63) is 35.5 Å². The number of nitriles is 1. The largest absolute Gasteiger partial charge is 0.383 e. The second-order valence-electron chi connectivity index (χ2n) is 6.69. The van der Waals surface area contributed by atoms with Gasteiger partial charge in [0.1, 0.15) is 6.07 Å². The van der Waals surface area contributed by atoms with Crippen LogP contribution in [0.4, 0.5) is 5.69 Å². The van der Waals surface area contributed by atoms with Gasteiger partial charge in [0.2, 0.25) is 11.8 Å². The normalized spacial score (nSPS) is 14.1. The summed E-state index contributed by atoms with van der Waals surface area (Å²) < 4.78 is 0. The number of rotatable bonds is 4. The molecule has 7 heteroatoms. The summed E-state index contributed by atoms with van der Waals surface area (Å²) in [5.41, 5.74) is 3.08. The fraction of sp³-hybridized carbons (Fsp3) is 0.400. The second kappa shape index (κ2) is 8.04. The van der Waals surface area contributed by atoms with E-state index in [-0.39, 0.29) is 11.8 Å². The number of pyridine rings is 1. The van der Waals surface area contributed by atoms with Crippen molar-refractivity contribution in [1.82, 2.24) is 14.8 Å².